The lowest BCUT2D eigenvalue weighted by Gasteiger charge is -2.07. The van der Waals surface area contributed by atoms with Crippen LogP contribution in [0.5, 0.6) is 0 Å². The molecule has 2 aromatic rings. The van der Waals surface area contributed by atoms with Crippen LogP contribution in [0.3, 0.4) is 0 Å². The first-order valence-electron chi connectivity index (χ1n) is 6.38. The molecule has 1 aromatic heterocycles. The largest absolute Gasteiger partial charge is 0.475 e. The van der Waals surface area contributed by atoms with Crippen LogP contribution < -0.4 is 0 Å². The van der Waals surface area contributed by atoms with E-state index in [-0.39, 0.29) is 5.54 Å². The number of nitrogens with zero attached hydrogens (tertiary/aromatic N) is 2. The van der Waals surface area contributed by atoms with E-state index in [1.54, 1.807) is 12.4 Å². The monoisotopic (exact) mass is 252 g/mol. The maximum Gasteiger partial charge on any atom is 0.216 e. The van der Waals surface area contributed by atoms with Crippen molar-refractivity contribution < 1.29 is 4.74 Å². The Labute approximate surface area is 113 Å². The maximum atomic E-state index is 5.64. The van der Waals surface area contributed by atoms with Crippen LogP contribution >= 0.6 is 0 Å². The summed E-state index contributed by atoms with van der Waals surface area (Å²) in [6, 6.07) is 12.3. The Morgan fingerprint density at radius 3 is 2.05 bits per heavy atom. The van der Waals surface area contributed by atoms with Crippen molar-refractivity contribution in [3.8, 4) is 11.1 Å². The summed E-state index contributed by atoms with van der Waals surface area (Å²) < 4.78 is 5.64. The molecule has 0 aliphatic carbocycles. The average molecular weight is 252 g/mol. The highest BCUT2D eigenvalue weighted by Crippen LogP contribution is 2.23. The van der Waals surface area contributed by atoms with Crippen molar-refractivity contribution >= 4 is 5.90 Å². The van der Waals surface area contributed by atoms with Crippen LogP contribution in [-0.4, -0.2) is 23.0 Å². The van der Waals surface area contributed by atoms with Gasteiger partial charge in [-0.2, -0.15) is 0 Å². The van der Waals surface area contributed by atoms with Gasteiger partial charge in [0.2, 0.25) is 5.90 Å². The number of hydrogen-bond acceptors (Lipinski definition) is 3. The van der Waals surface area contributed by atoms with Crippen molar-refractivity contribution in [1.82, 2.24) is 4.98 Å². The Kier molecular flexibility index (Phi) is 2.82. The minimum Gasteiger partial charge on any atom is -0.475 e. The fraction of sp³-hybridized carbons (Fsp3) is 0.250. The van der Waals surface area contributed by atoms with Gasteiger partial charge in [0.05, 0.1) is 5.54 Å². The Morgan fingerprint density at radius 2 is 1.47 bits per heavy atom. The van der Waals surface area contributed by atoms with E-state index in [2.05, 4.69) is 48.1 Å². The number of pyridine rings is 1. The van der Waals surface area contributed by atoms with Gasteiger partial charge in [-0.05, 0) is 49.2 Å². The lowest BCUT2D eigenvalue weighted by molar-refractivity contribution is 0.279. The van der Waals surface area contributed by atoms with Gasteiger partial charge >= 0.3 is 0 Å². The topological polar surface area (TPSA) is 34.5 Å². The summed E-state index contributed by atoms with van der Waals surface area (Å²) in [6.07, 6.45) is 3.60. The van der Waals surface area contributed by atoms with Crippen LogP contribution in [0.25, 0.3) is 11.1 Å². The van der Waals surface area contributed by atoms with Crippen LogP contribution in [0.2, 0.25) is 0 Å². The normalized spacial score (nSPS) is 16.8. The number of aliphatic imine (C=N–C) groups is 1. The Bertz CT molecular complexity index is 600. The molecular formula is C16H16N2O. The summed E-state index contributed by atoms with van der Waals surface area (Å²) in [5.74, 6) is 0.742. The second kappa shape index (κ2) is 4.50. The highest BCUT2D eigenvalue weighted by Gasteiger charge is 2.26. The van der Waals surface area contributed by atoms with E-state index in [9.17, 15) is 0 Å². The molecule has 0 unspecified atom stereocenters. The molecule has 0 amide bonds. The second-order valence-electron chi connectivity index (χ2n) is 5.33. The Balaban J connectivity index is 1.88. The minimum absolute atomic E-state index is 0.112. The predicted molar refractivity (Wildman–Crippen MR) is 76.2 cm³/mol. The number of aromatic nitrogens is 1. The third-order valence-corrected chi connectivity index (χ3v) is 3.11. The van der Waals surface area contributed by atoms with Crippen LogP contribution in [0.15, 0.2) is 53.8 Å². The van der Waals surface area contributed by atoms with Crippen LogP contribution in [0, 0.1) is 0 Å². The summed E-state index contributed by atoms with van der Waals surface area (Å²) in [7, 11) is 0. The molecule has 3 rings (SSSR count). The molecule has 2 heterocycles. The van der Waals surface area contributed by atoms with Crippen LogP contribution in [0.4, 0.5) is 0 Å². The first-order valence-corrected chi connectivity index (χ1v) is 6.38. The smallest absolute Gasteiger partial charge is 0.216 e. The van der Waals surface area contributed by atoms with Gasteiger partial charge in [0.1, 0.15) is 6.61 Å². The fourth-order valence-corrected chi connectivity index (χ4v) is 2.08. The summed E-state index contributed by atoms with van der Waals surface area (Å²) >= 11 is 0. The van der Waals surface area contributed by atoms with Gasteiger partial charge in [0.15, 0.2) is 0 Å². The van der Waals surface area contributed by atoms with Gasteiger partial charge in [0, 0.05) is 18.0 Å². The maximum absolute atomic E-state index is 5.64. The second-order valence-corrected chi connectivity index (χ2v) is 5.33. The summed E-state index contributed by atoms with van der Waals surface area (Å²) in [4.78, 5) is 8.61. The molecule has 3 heteroatoms. The summed E-state index contributed by atoms with van der Waals surface area (Å²) in [5, 5.41) is 0. The molecule has 0 fully saturated rings. The number of ether oxygens (including phenoxy) is 1. The van der Waals surface area contributed by atoms with E-state index >= 15 is 0 Å². The Hall–Kier alpha value is -2.16. The first kappa shape index (κ1) is 11.9. The zero-order valence-electron chi connectivity index (χ0n) is 11.1. The molecule has 19 heavy (non-hydrogen) atoms. The molecule has 1 aliphatic heterocycles. The molecular weight excluding hydrogens is 236 g/mol. The van der Waals surface area contributed by atoms with Gasteiger partial charge < -0.3 is 4.74 Å². The third-order valence-electron chi connectivity index (χ3n) is 3.11. The number of benzene rings is 1. The minimum atomic E-state index is -0.112. The van der Waals surface area contributed by atoms with Crippen molar-refractivity contribution in [2.75, 3.05) is 6.61 Å². The molecule has 0 saturated heterocycles. The molecule has 3 nitrogen and oxygen atoms in total. The van der Waals surface area contributed by atoms with Gasteiger partial charge in [-0.3, -0.25) is 4.98 Å². The van der Waals surface area contributed by atoms with Gasteiger partial charge in [-0.25, -0.2) is 4.99 Å². The quantitative estimate of drug-likeness (QED) is 0.821. The molecule has 96 valence electrons. The van der Waals surface area contributed by atoms with Crippen molar-refractivity contribution in [3.63, 3.8) is 0 Å². The first-order chi connectivity index (χ1) is 9.14. The van der Waals surface area contributed by atoms with Crippen LogP contribution in [-0.2, 0) is 4.74 Å². The van der Waals surface area contributed by atoms with Crippen molar-refractivity contribution in [3.05, 3.63) is 54.4 Å². The van der Waals surface area contributed by atoms with Gasteiger partial charge in [-0.1, -0.05) is 12.1 Å². The average Bonchev–Trinajstić information content (AvgIpc) is 2.80. The van der Waals surface area contributed by atoms with Crippen LogP contribution in [0.1, 0.15) is 19.4 Å². The van der Waals surface area contributed by atoms with E-state index in [4.69, 9.17) is 4.74 Å². The standard InChI is InChI=1S/C16H16N2O/c1-16(2)11-19-15(18-16)14-5-3-12(4-6-14)13-7-9-17-10-8-13/h3-10H,11H2,1-2H3. The summed E-state index contributed by atoms with van der Waals surface area (Å²) in [5.41, 5.74) is 3.25. The van der Waals surface area contributed by atoms with Gasteiger partial charge in [0.25, 0.3) is 0 Å². The molecule has 0 spiro atoms. The van der Waals surface area contributed by atoms with E-state index in [1.807, 2.05) is 12.1 Å². The summed E-state index contributed by atoms with van der Waals surface area (Å²) in [6.45, 7) is 4.80. The lowest BCUT2D eigenvalue weighted by Crippen LogP contribution is -2.17. The molecule has 0 N–H and O–H groups in total. The highest BCUT2D eigenvalue weighted by molar-refractivity contribution is 5.95. The van der Waals surface area contributed by atoms with E-state index in [1.165, 1.54) is 5.56 Å². The molecule has 1 aliphatic rings. The molecule has 1 aromatic carbocycles. The number of hydrogen-bond donors (Lipinski definition) is 0. The molecule has 0 radical (unpaired) electrons. The van der Waals surface area contributed by atoms with E-state index in [0.717, 1.165) is 17.0 Å². The SMILES string of the molecule is CC1(C)COC(c2ccc(-c3ccncc3)cc2)=N1. The zero-order valence-corrected chi connectivity index (χ0v) is 11.1. The fourth-order valence-electron chi connectivity index (χ4n) is 2.08. The Morgan fingerprint density at radius 1 is 0.895 bits per heavy atom. The molecule has 0 saturated carbocycles. The van der Waals surface area contributed by atoms with E-state index < -0.39 is 0 Å². The highest BCUT2D eigenvalue weighted by atomic mass is 16.5. The van der Waals surface area contributed by atoms with Gasteiger partial charge in [-0.15, -0.1) is 0 Å². The zero-order chi connectivity index (χ0) is 13.3. The van der Waals surface area contributed by atoms with Crippen molar-refractivity contribution in [2.24, 2.45) is 4.99 Å². The van der Waals surface area contributed by atoms with E-state index in [0.29, 0.717) is 6.61 Å². The van der Waals surface area contributed by atoms with Crippen molar-refractivity contribution in [2.45, 2.75) is 19.4 Å². The predicted octanol–water partition coefficient (Wildman–Crippen LogP) is 3.30. The number of rotatable bonds is 2. The van der Waals surface area contributed by atoms with Crippen molar-refractivity contribution in [1.29, 1.82) is 0 Å². The molecule has 0 atom stereocenters. The molecule has 0 bridgehead atoms. The lowest BCUT2D eigenvalue weighted by atomic mass is 10.1. The third kappa shape index (κ3) is 2.50.